The lowest BCUT2D eigenvalue weighted by Crippen LogP contribution is -2.33. The normalized spacial score (nSPS) is 12.5. The molecule has 1 atom stereocenters. The van der Waals surface area contributed by atoms with Crippen LogP contribution in [0, 0.1) is 6.92 Å². The SMILES string of the molecule is CCCNC(CSc1ccccc1C)Cc1ccc(Br)s1. The standard InChI is InChI=1S/C17H22BrNS2/c1-3-10-19-14(11-15-8-9-17(18)21-15)12-20-16-7-5-4-6-13(16)2/h4-9,14,19H,3,10-12H2,1-2H3. The molecule has 0 radical (unpaired) electrons. The van der Waals surface area contributed by atoms with Crippen molar-refractivity contribution in [3.8, 4) is 0 Å². The predicted octanol–water partition coefficient (Wildman–Crippen LogP) is 5.52. The maximum atomic E-state index is 3.69. The fourth-order valence-electron chi connectivity index (χ4n) is 2.15. The van der Waals surface area contributed by atoms with E-state index in [2.05, 4.69) is 71.5 Å². The Morgan fingerprint density at radius 2 is 2.05 bits per heavy atom. The molecule has 1 heterocycles. The zero-order valence-corrected chi connectivity index (χ0v) is 15.8. The summed E-state index contributed by atoms with van der Waals surface area (Å²) < 4.78 is 1.22. The van der Waals surface area contributed by atoms with Crippen LogP contribution in [0.3, 0.4) is 0 Å². The number of aryl methyl sites for hydroxylation is 1. The van der Waals surface area contributed by atoms with Crippen molar-refractivity contribution in [3.05, 3.63) is 50.6 Å². The lowest BCUT2D eigenvalue weighted by molar-refractivity contribution is 0.553. The van der Waals surface area contributed by atoms with Crippen LogP contribution in [0.5, 0.6) is 0 Å². The van der Waals surface area contributed by atoms with Crippen LogP contribution in [-0.2, 0) is 6.42 Å². The van der Waals surface area contributed by atoms with Crippen LogP contribution in [0.25, 0.3) is 0 Å². The smallest absolute Gasteiger partial charge is 0.0701 e. The summed E-state index contributed by atoms with van der Waals surface area (Å²) in [4.78, 5) is 2.84. The first-order chi connectivity index (χ1) is 10.2. The Kier molecular flexibility index (Phi) is 7.30. The zero-order valence-electron chi connectivity index (χ0n) is 12.6. The molecule has 4 heteroatoms. The van der Waals surface area contributed by atoms with Crippen LogP contribution in [0.4, 0.5) is 0 Å². The molecule has 2 aromatic rings. The van der Waals surface area contributed by atoms with Gasteiger partial charge in [0.05, 0.1) is 3.79 Å². The van der Waals surface area contributed by atoms with Crippen molar-refractivity contribution in [1.29, 1.82) is 0 Å². The van der Waals surface area contributed by atoms with Gasteiger partial charge in [0.1, 0.15) is 0 Å². The number of halogens is 1. The molecular formula is C17H22BrNS2. The Labute approximate surface area is 144 Å². The van der Waals surface area contributed by atoms with Gasteiger partial charge in [-0.2, -0.15) is 0 Å². The monoisotopic (exact) mass is 383 g/mol. The molecule has 114 valence electrons. The van der Waals surface area contributed by atoms with E-state index in [-0.39, 0.29) is 0 Å². The Hall–Kier alpha value is -0.290. The minimum absolute atomic E-state index is 0.528. The number of nitrogens with one attached hydrogen (secondary N) is 1. The Morgan fingerprint density at radius 1 is 1.24 bits per heavy atom. The first kappa shape index (κ1) is 17.1. The van der Waals surface area contributed by atoms with Crippen molar-refractivity contribution in [1.82, 2.24) is 5.32 Å². The van der Waals surface area contributed by atoms with E-state index in [0.717, 1.165) is 18.7 Å². The summed E-state index contributed by atoms with van der Waals surface area (Å²) in [5.41, 5.74) is 1.37. The van der Waals surface area contributed by atoms with Crippen molar-refractivity contribution >= 4 is 39.0 Å². The van der Waals surface area contributed by atoms with E-state index >= 15 is 0 Å². The first-order valence-corrected chi connectivity index (χ1v) is 9.94. The molecule has 0 bridgehead atoms. The predicted molar refractivity (Wildman–Crippen MR) is 99.7 cm³/mol. The van der Waals surface area contributed by atoms with Gasteiger partial charge in [0.25, 0.3) is 0 Å². The van der Waals surface area contributed by atoms with Crippen LogP contribution in [0.2, 0.25) is 0 Å². The third-order valence-corrected chi connectivity index (χ3v) is 6.28. The van der Waals surface area contributed by atoms with E-state index in [1.807, 2.05) is 23.1 Å². The maximum absolute atomic E-state index is 3.69. The summed E-state index contributed by atoms with van der Waals surface area (Å²) in [7, 11) is 0. The highest BCUT2D eigenvalue weighted by molar-refractivity contribution is 9.11. The van der Waals surface area contributed by atoms with Crippen LogP contribution >= 0.6 is 39.0 Å². The van der Waals surface area contributed by atoms with Gasteiger partial charge in [-0.15, -0.1) is 23.1 Å². The summed E-state index contributed by atoms with van der Waals surface area (Å²) in [5.74, 6) is 1.11. The largest absolute Gasteiger partial charge is 0.313 e. The summed E-state index contributed by atoms with van der Waals surface area (Å²) in [6.45, 7) is 5.50. The molecule has 0 spiro atoms. The number of thioether (sulfide) groups is 1. The molecule has 1 unspecified atom stereocenters. The van der Waals surface area contributed by atoms with E-state index in [4.69, 9.17) is 0 Å². The van der Waals surface area contributed by atoms with E-state index in [0.29, 0.717) is 6.04 Å². The second kappa shape index (κ2) is 8.99. The van der Waals surface area contributed by atoms with Gasteiger partial charge >= 0.3 is 0 Å². The molecule has 0 amide bonds. The lowest BCUT2D eigenvalue weighted by Gasteiger charge is -2.18. The van der Waals surface area contributed by atoms with Crippen LogP contribution in [0.1, 0.15) is 23.8 Å². The van der Waals surface area contributed by atoms with Crippen LogP contribution in [0.15, 0.2) is 45.1 Å². The third-order valence-electron chi connectivity index (χ3n) is 3.29. The summed E-state index contributed by atoms with van der Waals surface area (Å²) in [6.07, 6.45) is 2.29. The highest BCUT2D eigenvalue weighted by Gasteiger charge is 2.11. The lowest BCUT2D eigenvalue weighted by atomic mass is 10.2. The van der Waals surface area contributed by atoms with Crippen molar-refractivity contribution < 1.29 is 0 Å². The van der Waals surface area contributed by atoms with Crippen molar-refractivity contribution in [2.75, 3.05) is 12.3 Å². The van der Waals surface area contributed by atoms with E-state index in [9.17, 15) is 0 Å². The minimum atomic E-state index is 0.528. The van der Waals surface area contributed by atoms with Crippen molar-refractivity contribution in [2.45, 2.75) is 37.6 Å². The molecule has 0 saturated carbocycles. The fraction of sp³-hybridized carbons (Fsp3) is 0.412. The second-order valence-corrected chi connectivity index (χ2v) is 8.75. The fourth-order valence-corrected chi connectivity index (χ4v) is 4.80. The molecule has 1 nitrogen and oxygen atoms in total. The number of thiophene rings is 1. The van der Waals surface area contributed by atoms with E-state index < -0.39 is 0 Å². The number of hydrogen-bond donors (Lipinski definition) is 1. The molecule has 0 aliphatic carbocycles. The van der Waals surface area contributed by atoms with Gasteiger partial charge in [0, 0.05) is 21.6 Å². The Balaban J connectivity index is 1.94. The van der Waals surface area contributed by atoms with Gasteiger partial charge in [-0.05, 0) is 66.0 Å². The highest BCUT2D eigenvalue weighted by Crippen LogP contribution is 2.26. The molecule has 0 fully saturated rings. The van der Waals surface area contributed by atoms with Gasteiger partial charge in [-0.3, -0.25) is 0 Å². The Morgan fingerprint density at radius 3 is 2.71 bits per heavy atom. The molecule has 21 heavy (non-hydrogen) atoms. The quantitative estimate of drug-likeness (QED) is 0.602. The third kappa shape index (κ3) is 5.78. The topological polar surface area (TPSA) is 12.0 Å². The maximum Gasteiger partial charge on any atom is 0.0701 e. The van der Waals surface area contributed by atoms with Gasteiger partial charge in [0.15, 0.2) is 0 Å². The zero-order chi connectivity index (χ0) is 15.1. The second-order valence-electron chi connectivity index (χ2n) is 5.14. The molecule has 0 aliphatic heterocycles. The molecule has 0 aliphatic rings. The number of rotatable bonds is 8. The number of hydrogen-bond acceptors (Lipinski definition) is 3. The highest BCUT2D eigenvalue weighted by atomic mass is 79.9. The molecule has 1 aromatic carbocycles. The average molecular weight is 384 g/mol. The van der Waals surface area contributed by atoms with Gasteiger partial charge in [-0.1, -0.05) is 25.1 Å². The van der Waals surface area contributed by atoms with Crippen LogP contribution in [-0.4, -0.2) is 18.3 Å². The molecule has 1 N–H and O–H groups in total. The first-order valence-electron chi connectivity index (χ1n) is 7.35. The summed E-state index contributed by atoms with van der Waals surface area (Å²) >= 11 is 7.36. The van der Waals surface area contributed by atoms with Crippen molar-refractivity contribution in [2.24, 2.45) is 0 Å². The van der Waals surface area contributed by atoms with Gasteiger partial charge < -0.3 is 5.32 Å². The molecular weight excluding hydrogens is 362 g/mol. The van der Waals surface area contributed by atoms with Gasteiger partial charge in [-0.25, -0.2) is 0 Å². The van der Waals surface area contributed by atoms with Crippen LogP contribution < -0.4 is 5.32 Å². The minimum Gasteiger partial charge on any atom is -0.313 e. The number of benzene rings is 1. The summed E-state index contributed by atoms with van der Waals surface area (Å²) in [5, 5.41) is 3.69. The molecule has 2 rings (SSSR count). The van der Waals surface area contributed by atoms with E-state index in [1.165, 1.54) is 25.5 Å². The van der Waals surface area contributed by atoms with Gasteiger partial charge in [0.2, 0.25) is 0 Å². The average Bonchev–Trinajstić information content (AvgIpc) is 2.88. The van der Waals surface area contributed by atoms with E-state index in [1.54, 1.807) is 0 Å². The molecule has 1 aromatic heterocycles. The van der Waals surface area contributed by atoms with Crippen molar-refractivity contribution in [3.63, 3.8) is 0 Å². The molecule has 0 saturated heterocycles. The summed E-state index contributed by atoms with van der Waals surface area (Å²) in [6, 6.07) is 13.5. The Bertz CT molecular complexity index is 553.